The zero-order valence-corrected chi connectivity index (χ0v) is 9.77. The van der Waals surface area contributed by atoms with Gasteiger partial charge in [-0.1, -0.05) is 12.1 Å². The van der Waals surface area contributed by atoms with E-state index in [0.717, 1.165) is 24.2 Å². The molecule has 2 aromatic carbocycles. The Labute approximate surface area is 105 Å². The highest BCUT2D eigenvalue weighted by molar-refractivity contribution is 5.71. The first kappa shape index (κ1) is 11.1. The van der Waals surface area contributed by atoms with Gasteiger partial charge >= 0.3 is 0 Å². The normalized spacial score (nSPS) is 14.5. The van der Waals surface area contributed by atoms with Crippen molar-refractivity contribution in [2.24, 2.45) is 0 Å². The summed E-state index contributed by atoms with van der Waals surface area (Å²) in [5.74, 6) is 0.468. The van der Waals surface area contributed by atoms with Crippen molar-refractivity contribution in [3.63, 3.8) is 0 Å². The Balaban J connectivity index is 1.96. The molecule has 1 aliphatic rings. The molecule has 0 aromatic heterocycles. The number of phenolic OH excluding ortho intramolecular Hbond substituents is 1. The second kappa shape index (κ2) is 4.33. The molecule has 1 saturated carbocycles. The molecule has 0 atom stereocenters. The smallest absolute Gasteiger partial charge is 0.124 e. The van der Waals surface area contributed by atoms with Crippen LogP contribution in [-0.2, 0) is 0 Å². The van der Waals surface area contributed by atoms with Crippen molar-refractivity contribution in [3.8, 4) is 22.6 Å². The molecule has 2 aromatic rings. The lowest BCUT2D eigenvalue weighted by molar-refractivity contribution is 0.303. The molecule has 0 spiro atoms. The first-order chi connectivity index (χ1) is 8.72. The largest absolute Gasteiger partial charge is 0.507 e. The lowest BCUT2D eigenvalue weighted by atomic mass is 10.0. The number of phenols is 1. The molecule has 0 saturated heterocycles. The van der Waals surface area contributed by atoms with Gasteiger partial charge in [0.1, 0.15) is 17.3 Å². The lowest BCUT2D eigenvalue weighted by Gasteiger charge is -2.08. The van der Waals surface area contributed by atoms with E-state index in [1.165, 1.54) is 18.2 Å². The Morgan fingerprint density at radius 3 is 2.72 bits per heavy atom. The number of aromatic hydroxyl groups is 1. The summed E-state index contributed by atoms with van der Waals surface area (Å²) in [4.78, 5) is 0. The van der Waals surface area contributed by atoms with E-state index in [0.29, 0.717) is 11.7 Å². The van der Waals surface area contributed by atoms with Gasteiger partial charge in [0.05, 0.1) is 6.10 Å². The molecule has 0 unspecified atom stereocenters. The van der Waals surface area contributed by atoms with Crippen molar-refractivity contribution >= 4 is 0 Å². The van der Waals surface area contributed by atoms with Crippen molar-refractivity contribution in [1.82, 2.24) is 0 Å². The molecule has 0 aliphatic heterocycles. The molecule has 92 valence electrons. The van der Waals surface area contributed by atoms with E-state index in [9.17, 15) is 9.50 Å². The van der Waals surface area contributed by atoms with Crippen LogP contribution in [0.4, 0.5) is 4.39 Å². The Morgan fingerprint density at radius 2 is 1.94 bits per heavy atom. The third kappa shape index (κ3) is 2.30. The highest BCUT2D eigenvalue weighted by Crippen LogP contribution is 2.33. The third-order valence-corrected chi connectivity index (χ3v) is 2.93. The fourth-order valence-electron chi connectivity index (χ4n) is 1.85. The van der Waals surface area contributed by atoms with Gasteiger partial charge in [0, 0.05) is 5.56 Å². The molecule has 0 heterocycles. The topological polar surface area (TPSA) is 29.5 Å². The first-order valence-corrected chi connectivity index (χ1v) is 5.98. The van der Waals surface area contributed by atoms with E-state index in [1.54, 1.807) is 0 Å². The maximum Gasteiger partial charge on any atom is 0.124 e. The fraction of sp³-hybridized carbons (Fsp3) is 0.200. The van der Waals surface area contributed by atoms with Crippen LogP contribution in [0.3, 0.4) is 0 Å². The van der Waals surface area contributed by atoms with Crippen LogP contribution in [0, 0.1) is 5.82 Å². The van der Waals surface area contributed by atoms with Crippen LogP contribution >= 0.6 is 0 Å². The van der Waals surface area contributed by atoms with Crippen LogP contribution in [-0.4, -0.2) is 11.2 Å². The summed E-state index contributed by atoms with van der Waals surface area (Å²) in [6.45, 7) is 0. The minimum absolute atomic E-state index is 0.0694. The zero-order chi connectivity index (χ0) is 12.5. The van der Waals surface area contributed by atoms with Gasteiger partial charge in [0.25, 0.3) is 0 Å². The number of hydrogen-bond acceptors (Lipinski definition) is 2. The minimum Gasteiger partial charge on any atom is -0.507 e. The molecule has 1 N–H and O–H groups in total. The average Bonchev–Trinajstić information content (AvgIpc) is 3.16. The van der Waals surface area contributed by atoms with Gasteiger partial charge in [0.15, 0.2) is 0 Å². The van der Waals surface area contributed by atoms with Crippen LogP contribution in [0.5, 0.6) is 11.5 Å². The predicted molar refractivity (Wildman–Crippen MR) is 67.2 cm³/mol. The molecule has 18 heavy (non-hydrogen) atoms. The molecule has 0 amide bonds. The predicted octanol–water partition coefficient (Wildman–Crippen LogP) is 3.74. The average molecular weight is 244 g/mol. The molecule has 1 fully saturated rings. The minimum atomic E-state index is -0.365. The molecule has 3 heteroatoms. The monoisotopic (exact) mass is 244 g/mol. The standard InChI is InChI=1S/C15H13FO2/c16-11-4-7-15(17)14(9-11)10-2-1-3-13(8-10)18-12-5-6-12/h1-4,7-9,12,17H,5-6H2. The van der Waals surface area contributed by atoms with Crippen LogP contribution in [0.15, 0.2) is 42.5 Å². The molecular formula is C15H13FO2. The summed E-state index contributed by atoms with van der Waals surface area (Å²) >= 11 is 0. The van der Waals surface area contributed by atoms with Gasteiger partial charge in [-0.2, -0.15) is 0 Å². The Kier molecular flexibility index (Phi) is 2.67. The number of hydrogen-bond donors (Lipinski definition) is 1. The van der Waals surface area contributed by atoms with E-state index >= 15 is 0 Å². The van der Waals surface area contributed by atoms with Crippen LogP contribution in [0.25, 0.3) is 11.1 Å². The van der Waals surface area contributed by atoms with E-state index in [-0.39, 0.29) is 11.6 Å². The summed E-state index contributed by atoms with van der Waals surface area (Å²) in [6.07, 6.45) is 2.51. The molecule has 3 rings (SSSR count). The molecule has 0 radical (unpaired) electrons. The van der Waals surface area contributed by atoms with Crippen molar-refractivity contribution < 1.29 is 14.2 Å². The maximum atomic E-state index is 13.2. The lowest BCUT2D eigenvalue weighted by Crippen LogP contribution is -1.95. The second-order valence-corrected chi connectivity index (χ2v) is 4.51. The molecule has 1 aliphatic carbocycles. The highest BCUT2D eigenvalue weighted by Gasteiger charge is 2.23. The van der Waals surface area contributed by atoms with Gasteiger partial charge in [-0.15, -0.1) is 0 Å². The van der Waals surface area contributed by atoms with Gasteiger partial charge in [-0.05, 0) is 48.7 Å². The van der Waals surface area contributed by atoms with Crippen molar-refractivity contribution in [3.05, 3.63) is 48.3 Å². The highest BCUT2D eigenvalue weighted by atomic mass is 19.1. The fourth-order valence-corrected chi connectivity index (χ4v) is 1.85. The maximum absolute atomic E-state index is 13.2. The second-order valence-electron chi connectivity index (χ2n) is 4.51. The van der Waals surface area contributed by atoms with E-state index < -0.39 is 0 Å². The van der Waals surface area contributed by atoms with Gasteiger partial charge in [-0.3, -0.25) is 0 Å². The molecular weight excluding hydrogens is 231 g/mol. The first-order valence-electron chi connectivity index (χ1n) is 5.98. The number of rotatable bonds is 3. The van der Waals surface area contributed by atoms with Crippen molar-refractivity contribution in [2.45, 2.75) is 18.9 Å². The molecule has 2 nitrogen and oxygen atoms in total. The van der Waals surface area contributed by atoms with E-state index in [1.807, 2.05) is 24.3 Å². The quantitative estimate of drug-likeness (QED) is 0.891. The van der Waals surface area contributed by atoms with Crippen molar-refractivity contribution in [2.75, 3.05) is 0 Å². The van der Waals surface area contributed by atoms with Gasteiger partial charge < -0.3 is 9.84 Å². The Morgan fingerprint density at radius 1 is 1.11 bits per heavy atom. The summed E-state index contributed by atoms with van der Waals surface area (Å²) in [5.41, 5.74) is 1.24. The van der Waals surface area contributed by atoms with Crippen LogP contribution < -0.4 is 4.74 Å². The summed E-state index contributed by atoms with van der Waals surface area (Å²) in [5, 5.41) is 9.77. The summed E-state index contributed by atoms with van der Waals surface area (Å²) in [6, 6.07) is 11.3. The Hall–Kier alpha value is -2.03. The number of benzene rings is 2. The summed E-state index contributed by atoms with van der Waals surface area (Å²) < 4.78 is 18.9. The third-order valence-electron chi connectivity index (χ3n) is 2.93. The van der Waals surface area contributed by atoms with Crippen LogP contribution in [0.1, 0.15) is 12.8 Å². The van der Waals surface area contributed by atoms with Gasteiger partial charge in [0.2, 0.25) is 0 Å². The number of halogens is 1. The summed E-state index contributed by atoms with van der Waals surface area (Å²) in [7, 11) is 0. The van der Waals surface area contributed by atoms with Crippen LogP contribution in [0.2, 0.25) is 0 Å². The Bertz CT molecular complexity index is 576. The molecule has 0 bridgehead atoms. The number of ether oxygens (including phenoxy) is 1. The zero-order valence-electron chi connectivity index (χ0n) is 9.77. The van der Waals surface area contributed by atoms with E-state index in [4.69, 9.17) is 4.74 Å². The van der Waals surface area contributed by atoms with Crippen molar-refractivity contribution in [1.29, 1.82) is 0 Å². The van der Waals surface area contributed by atoms with E-state index in [2.05, 4.69) is 0 Å². The van der Waals surface area contributed by atoms with Gasteiger partial charge in [-0.25, -0.2) is 4.39 Å². The SMILES string of the molecule is Oc1ccc(F)cc1-c1cccc(OC2CC2)c1.